The first-order valence-electron chi connectivity index (χ1n) is 8.87. The molecular weight excluding hydrogens is 353 g/mol. The van der Waals surface area contributed by atoms with Crippen molar-refractivity contribution in [2.24, 2.45) is 5.92 Å². The Labute approximate surface area is 156 Å². The fourth-order valence-electron chi connectivity index (χ4n) is 3.52. The summed E-state index contributed by atoms with van der Waals surface area (Å²) in [7, 11) is 0. The van der Waals surface area contributed by atoms with Gasteiger partial charge in [-0.2, -0.15) is 5.10 Å². The van der Waals surface area contributed by atoms with E-state index >= 15 is 0 Å². The van der Waals surface area contributed by atoms with Gasteiger partial charge in [-0.05, 0) is 55.5 Å². The number of benzene rings is 2. The Kier molecular flexibility index (Phi) is 4.72. The number of nitrogens with zero attached hydrogens (tertiary/aromatic N) is 2. The van der Waals surface area contributed by atoms with Gasteiger partial charge in [0, 0.05) is 13.1 Å². The summed E-state index contributed by atoms with van der Waals surface area (Å²) in [4.78, 5) is 2.13. The molecule has 1 N–H and O–H groups in total. The molecule has 0 atom stereocenters. The predicted octanol–water partition coefficient (Wildman–Crippen LogP) is 4.96. The number of ether oxygens (including phenoxy) is 1. The van der Waals surface area contributed by atoms with Gasteiger partial charge < -0.3 is 9.64 Å². The molecule has 0 aliphatic carbocycles. The summed E-state index contributed by atoms with van der Waals surface area (Å²) in [5.41, 5.74) is 2.45. The summed E-state index contributed by atoms with van der Waals surface area (Å²) >= 11 is 6.15. The molecule has 1 saturated heterocycles. The van der Waals surface area contributed by atoms with Crippen LogP contribution in [0.1, 0.15) is 18.4 Å². The van der Waals surface area contributed by atoms with Gasteiger partial charge in [-0.25, -0.2) is 4.39 Å². The molecule has 0 amide bonds. The molecule has 2 aromatic carbocycles. The molecule has 1 fully saturated rings. The van der Waals surface area contributed by atoms with E-state index in [1.807, 2.05) is 31.2 Å². The van der Waals surface area contributed by atoms with E-state index < -0.39 is 0 Å². The third-order valence-electron chi connectivity index (χ3n) is 5.06. The van der Waals surface area contributed by atoms with Crippen LogP contribution in [0.3, 0.4) is 0 Å². The van der Waals surface area contributed by atoms with Crippen LogP contribution in [0.15, 0.2) is 36.5 Å². The quantitative estimate of drug-likeness (QED) is 0.702. The highest BCUT2D eigenvalue weighted by Crippen LogP contribution is 2.31. The molecule has 0 radical (unpaired) electrons. The Bertz CT molecular complexity index is 919. The molecule has 4 rings (SSSR count). The molecule has 26 heavy (non-hydrogen) atoms. The van der Waals surface area contributed by atoms with Crippen molar-refractivity contribution < 1.29 is 9.13 Å². The van der Waals surface area contributed by atoms with E-state index in [0.717, 1.165) is 48.1 Å². The standard InChI is InChI=1S/C20H21ClFN3O/c1-13-2-4-18(17(22)10-13)25-8-6-14(7-9-25)12-26-19-5-3-16(21)20-15(19)11-23-24-20/h2-5,10-11,14H,6-9,12H2,1H3,(H,23,24). The van der Waals surface area contributed by atoms with Gasteiger partial charge in [0.15, 0.2) is 0 Å². The summed E-state index contributed by atoms with van der Waals surface area (Å²) in [5, 5.41) is 8.48. The van der Waals surface area contributed by atoms with Crippen LogP contribution < -0.4 is 9.64 Å². The number of anilines is 1. The lowest BCUT2D eigenvalue weighted by molar-refractivity contribution is 0.225. The second-order valence-corrected chi connectivity index (χ2v) is 7.31. The number of piperidine rings is 1. The third-order valence-corrected chi connectivity index (χ3v) is 5.37. The summed E-state index contributed by atoms with van der Waals surface area (Å²) in [6, 6.07) is 9.15. The summed E-state index contributed by atoms with van der Waals surface area (Å²) in [6.07, 6.45) is 3.70. The maximum Gasteiger partial charge on any atom is 0.146 e. The van der Waals surface area contributed by atoms with Crippen molar-refractivity contribution in [1.29, 1.82) is 0 Å². The monoisotopic (exact) mass is 373 g/mol. The smallest absolute Gasteiger partial charge is 0.146 e. The lowest BCUT2D eigenvalue weighted by Gasteiger charge is -2.33. The first-order chi connectivity index (χ1) is 12.6. The third kappa shape index (κ3) is 3.36. The first-order valence-corrected chi connectivity index (χ1v) is 9.25. The summed E-state index contributed by atoms with van der Waals surface area (Å²) < 4.78 is 20.2. The number of H-pyrrole nitrogens is 1. The summed E-state index contributed by atoms with van der Waals surface area (Å²) in [6.45, 7) is 4.24. The van der Waals surface area contributed by atoms with Crippen molar-refractivity contribution in [2.75, 3.05) is 24.6 Å². The number of fused-ring (bicyclic) bond motifs is 1. The van der Waals surface area contributed by atoms with E-state index in [9.17, 15) is 4.39 Å². The van der Waals surface area contributed by atoms with Crippen molar-refractivity contribution >= 4 is 28.2 Å². The highest BCUT2D eigenvalue weighted by molar-refractivity contribution is 6.35. The average Bonchev–Trinajstić information content (AvgIpc) is 3.13. The van der Waals surface area contributed by atoms with Gasteiger partial charge in [0.2, 0.25) is 0 Å². The molecule has 136 valence electrons. The molecule has 0 spiro atoms. The van der Waals surface area contributed by atoms with E-state index in [0.29, 0.717) is 23.2 Å². The molecule has 4 nitrogen and oxygen atoms in total. The Morgan fingerprint density at radius 2 is 2.08 bits per heavy atom. The van der Waals surface area contributed by atoms with Gasteiger partial charge in [-0.3, -0.25) is 5.10 Å². The fraction of sp³-hybridized carbons (Fsp3) is 0.350. The number of halogens is 2. The Hall–Kier alpha value is -2.27. The van der Waals surface area contributed by atoms with E-state index in [1.54, 1.807) is 12.3 Å². The number of aryl methyl sites for hydroxylation is 1. The van der Waals surface area contributed by atoms with E-state index in [-0.39, 0.29) is 5.82 Å². The minimum Gasteiger partial charge on any atom is -0.493 e. The van der Waals surface area contributed by atoms with Crippen LogP contribution in [-0.4, -0.2) is 29.9 Å². The van der Waals surface area contributed by atoms with Crippen LogP contribution in [0.4, 0.5) is 10.1 Å². The SMILES string of the molecule is Cc1ccc(N2CCC(COc3ccc(Cl)c4[nH]ncc34)CC2)c(F)c1. The predicted molar refractivity (Wildman–Crippen MR) is 103 cm³/mol. The molecule has 0 unspecified atom stereocenters. The van der Waals surface area contributed by atoms with Gasteiger partial charge in [0.25, 0.3) is 0 Å². The number of aromatic nitrogens is 2. The fourth-order valence-corrected chi connectivity index (χ4v) is 3.73. The molecule has 6 heteroatoms. The zero-order valence-corrected chi connectivity index (χ0v) is 15.4. The van der Waals surface area contributed by atoms with Crippen molar-refractivity contribution in [3.05, 3.63) is 52.9 Å². The molecule has 1 aromatic heterocycles. The first kappa shape index (κ1) is 17.2. The minimum atomic E-state index is -0.136. The van der Waals surface area contributed by atoms with Crippen molar-refractivity contribution in [3.8, 4) is 5.75 Å². The maximum atomic E-state index is 14.2. The molecule has 0 bridgehead atoms. The van der Waals surface area contributed by atoms with Gasteiger partial charge in [0.1, 0.15) is 11.6 Å². The molecule has 0 saturated carbocycles. The number of hydrogen-bond donors (Lipinski definition) is 1. The number of rotatable bonds is 4. The van der Waals surface area contributed by atoms with Crippen LogP contribution >= 0.6 is 11.6 Å². The van der Waals surface area contributed by atoms with Crippen molar-refractivity contribution in [3.63, 3.8) is 0 Å². The highest BCUT2D eigenvalue weighted by Gasteiger charge is 2.22. The van der Waals surface area contributed by atoms with Crippen LogP contribution in [0, 0.1) is 18.7 Å². The lowest BCUT2D eigenvalue weighted by atomic mass is 9.97. The normalized spacial score (nSPS) is 15.6. The van der Waals surface area contributed by atoms with E-state index in [1.165, 1.54) is 0 Å². The Balaban J connectivity index is 1.36. The topological polar surface area (TPSA) is 41.1 Å². The van der Waals surface area contributed by atoms with Crippen molar-refractivity contribution in [1.82, 2.24) is 10.2 Å². The zero-order valence-electron chi connectivity index (χ0n) is 14.6. The number of hydrogen-bond acceptors (Lipinski definition) is 3. The van der Waals surface area contributed by atoms with Crippen LogP contribution in [0.25, 0.3) is 10.9 Å². The number of nitrogens with one attached hydrogen (secondary N) is 1. The van der Waals surface area contributed by atoms with Crippen molar-refractivity contribution in [2.45, 2.75) is 19.8 Å². The minimum absolute atomic E-state index is 0.136. The van der Waals surface area contributed by atoms with Crippen LogP contribution in [0.2, 0.25) is 5.02 Å². The van der Waals surface area contributed by atoms with E-state index in [2.05, 4.69) is 15.1 Å². The Morgan fingerprint density at radius 1 is 1.27 bits per heavy atom. The summed E-state index contributed by atoms with van der Waals surface area (Å²) in [5.74, 6) is 1.12. The lowest BCUT2D eigenvalue weighted by Crippen LogP contribution is -2.36. The van der Waals surface area contributed by atoms with E-state index in [4.69, 9.17) is 16.3 Å². The van der Waals surface area contributed by atoms with Gasteiger partial charge in [-0.15, -0.1) is 0 Å². The molecular formula is C20H21ClFN3O. The van der Waals surface area contributed by atoms with Crippen LogP contribution in [0.5, 0.6) is 5.75 Å². The molecule has 3 aromatic rings. The molecule has 2 heterocycles. The van der Waals surface area contributed by atoms with Gasteiger partial charge >= 0.3 is 0 Å². The maximum absolute atomic E-state index is 14.2. The molecule has 1 aliphatic rings. The molecule has 1 aliphatic heterocycles. The average molecular weight is 374 g/mol. The second kappa shape index (κ2) is 7.16. The largest absolute Gasteiger partial charge is 0.493 e. The second-order valence-electron chi connectivity index (χ2n) is 6.90. The Morgan fingerprint density at radius 3 is 2.85 bits per heavy atom. The highest BCUT2D eigenvalue weighted by atomic mass is 35.5. The number of aromatic amines is 1. The van der Waals surface area contributed by atoms with Gasteiger partial charge in [-0.1, -0.05) is 17.7 Å². The van der Waals surface area contributed by atoms with Crippen LogP contribution in [-0.2, 0) is 0 Å². The zero-order chi connectivity index (χ0) is 18.1. The van der Waals surface area contributed by atoms with Gasteiger partial charge in [0.05, 0.1) is 34.4 Å².